The van der Waals surface area contributed by atoms with E-state index in [1.54, 1.807) is 6.26 Å². The van der Waals surface area contributed by atoms with Crippen LogP contribution in [-0.2, 0) is 16.6 Å². The van der Waals surface area contributed by atoms with E-state index in [9.17, 15) is 9.00 Å². The van der Waals surface area contributed by atoms with Crippen molar-refractivity contribution in [2.75, 3.05) is 37.3 Å². The molecule has 0 saturated carbocycles. The number of hydrogen-bond acceptors (Lipinski definition) is 3. The van der Waals surface area contributed by atoms with Gasteiger partial charge in [-0.15, -0.1) is 0 Å². The van der Waals surface area contributed by atoms with Gasteiger partial charge < -0.3 is 9.80 Å². The number of benzene rings is 2. The van der Waals surface area contributed by atoms with Gasteiger partial charge in [-0.25, -0.2) is 0 Å². The molecule has 1 atom stereocenters. The van der Waals surface area contributed by atoms with Gasteiger partial charge in [-0.3, -0.25) is 9.00 Å². The van der Waals surface area contributed by atoms with Crippen LogP contribution in [0.25, 0.3) is 0 Å². The molecule has 0 radical (unpaired) electrons. The molecule has 2 aromatic rings. The number of hydrogen-bond donors (Lipinski definition) is 0. The van der Waals surface area contributed by atoms with E-state index in [1.165, 1.54) is 16.8 Å². The maximum absolute atomic E-state index is 12.8. The highest BCUT2D eigenvalue weighted by Crippen LogP contribution is 2.24. The summed E-state index contributed by atoms with van der Waals surface area (Å²) >= 11 is 0. The molecule has 0 spiro atoms. The third-order valence-corrected chi connectivity index (χ3v) is 5.77. The van der Waals surface area contributed by atoms with Crippen LogP contribution in [0.2, 0.25) is 0 Å². The van der Waals surface area contributed by atoms with Crippen molar-refractivity contribution in [2.45, 2.75) is 19.6 Å². The summed E-state index contributed by atoms with van der Waals surface area (Å²) < 4.78 is 11.4. The van der Waals surface area contributed by atoms with Gasteiger partial charge in [-0.05, 0) is 48.7 Å². The highest BCUT2D eigenvalue weighted by Gasteiger charge is 2.23. The van der Waals surface area contributed by atoms with Crippen LogP contribution in [0.3, 0.4) is 0 Å². The minimum Gasteiger partial charge on any atom is -0.368 e. The van der Waals surface area contributed by atoms with E-state index in [4.69, 9.17) is 0 Å². The number of carbonyl (C=O) groups is 1. The van der Waals surface area contributed by atoms with Crippen molar-refractivity contribution >= 4 is 22.4 Å². The van der Waals surface area contributed by atoms with Crippen LogP contribution in [0.5, 0.6) is 0 Å². The molecule has 138 valence electrons. The number of aryl methyl sites for hydroxylation is 1. The van der Waals surface area contributed by atoms with E-state index in [2.05, 4.69) is 36.9 Å². The predicted octanol–water partition coefficient (Wildman–Crippen LogP) is 3.14. The Morgan fingerprint density at radius 1 is 1.04 bits per heavy atom. The Morgan fingerprint density at radius 2 is 1.73 bits per heavy atom. The Kier molecular flexibility index (Phi) is 5.77. The van der Waals surface area contributed by atoms with E-state index in [1.807, 2.05) is 29.2 Å². The first-order valence-electron chi connectivity index (χ1n) is 8.95. The second-order valence-electron chi connectivity index (χ2n) is 6.92. The molecule has 3 rings (SSSR count). The minimum atomic E-state index is -0.905. The first-order chi connectivity index (χ1) is 12.5. The van der Waals surface area contributed by atoms with E-state index in [0.29, 0.717) is 11.3 Å². The Morgan fingerprint density at radius 3 is 2.42 bits per heavy atom. The van der Waals surface area contributed by atoms with E-state index >= 15 is 0 Å². The fourth-order valence-corrected chi connectivity index (χ4v) is 4.09. The number of nitrogens with zero attached hydrogens (tertiary/aromatic N) is 2. The Balaban J connectivity index is 1.67. The lowest BCUT2D eigenvalue weighted by atomic mass is 10.1. The summed E-state index contributed by atoms with van der Waals surface area (Å²) in [6.07, 6.45) is 1.68. The average molecular weight is 371 g/mol. The van der Waals surface area contributed by atoms with Crippen LogP contribution in [-0.4, -0.2) is 47.5 Å². The van der Waals surface area contributed by atoms with Gasteiger partial charge in [0.2, 0.25) is 0 Å². The molecule has 0 aliphatic carbocycles. The van der Waals surface area contributed by atoms with Gasteiger partial charge in [0, 0.05) is 60.2 Å². The zero-order chi connectivity index (χ0) is 18.7. The fraction of sp³-hybridized carbons (Fsp3) is 0.381. The lowest BCUT2D eigenvalue weighted by molar-refractivity contribution is 0.0746. The largest absolute Gasteiger partial charge is 0.368 e. The van der Waals surface area contributed by atoms with Crippen molar-refractivity contribution in [2.24, 2.45) is 0 Å². The Labute approximate surface area is 158 Å². The first-order valence-corrected chi connectivity index (χ1v) is 10.7. The smallest absolute Gasteiger partial charge is 0.253 e. The minimum absolute atomic E-state index is 0.0642. The maximum Gasteiger partial charge on any atom is 0.253 e. The summed E-state index contributed by atoms with van der Waals surface area (Å²) in [6, 6.07) is 13.9. The van der Waals surface area contributed by atoms with Crippen molar-refractivity contribution in [3.05, 3.63) is 64.7 Å². The summed E-state index contributed by atoms with van der Waals surface area (Å²) in [7, 11) is -0.905. The SMILES string of the molecule is Cc1cccc(N2CCN(C(=O)c3cccc(CS(C)=O)c3)CC2)c1C. The van der Waals surface area contributed by atoms with Gasteiger partial charge in [0.1, 0.15) is 0 Å². The standard InChI is InChI=1S/C21H26N2O2S/c1-16-6-4-9-20(17(16)2)22-10-12-23(13-11-22)21(24)19-8-5-7-18(14-19)15-26(3)25/h4-9,14H,10-13,15H2,1-3H3. The van der Waals surface area contributed by atoms with Gasteiger partial charge in [-0.1, -0.05) is 24.3 Å². The molecular weight excluding hydrogens is 344 g/mol. The summed E-state index contributed by atoms with van der Waals surface area (Å²) in [6.45, 7) is 7.41. The van der Waals surface area contributed by atoms with Crippen molar-refractivity contribution in [1.29, 1.82) is 0 Å². The second-order valence-corrected chi connectivity index (χ2v) is 8.35. The summed E-state index contributed by atoms with van der Waals surface area (Å²) in [5.41, 5.74) is 5.52. The Bertz CT molecular complexity index is 827. The molecule has 0 aromatic heterocycles. The lowest BCUT2D eigenvalue weighted by Gasteiger charge is -2.37. The van der Waals surface area contributed by atoms with Gasteiger partial charge in [-0.2, -0.15) is 0 Å². The van der Waals surface area contributed by atoms with Crippen molar-refractivity contribution < 1.29 is 9.00 Å². The maximum atomic E-state index is 12.8. The van der Waals surface area contributed by atoms with Crippen molar-refractivity contribution in [3.8, 4) is 0 Å². The third-order valence-electron chi connectivity index (χ3n) is 5.03. The molecule has 1 aliphatic heterocycles. The molecule has 26 heavy (non-hydrogen) atoms. The summed E-state index contributed by atoms with van der Waals surface area (Å²) in [5.74, 6) is 0.552. The summed E-state index contributed by atoms with van der Waals surface area (Å²) in [4.78, 5) is 17.1. The zero-order valence-electron chi connectivity index (χ0n) is 15.7. The molecule has 1 saturated heterocycles. The molecule has 0 bridgehead atoms. The van der Waals surface area contributed by atoms with E-state index in [-0.39, 0.29) is 5.91 Å². The van der Waals surface area contributed by atoms with Gasteiger partial charge in [0.05, 0.1) is 0 Å². The molecule has 1 aliphatic rings. The van der Waals surface area contributed by atoms with Gasteiger partial charge >= 0.3 is 0 Å². The number of anilines is 1. The molecule has 5 heteroatoms. The van der Waals surface area contributed by atoms with Crippen LogP contribution in [0, 0.1) is 13.8 Å². The highest BCUT2D eigenvalue weighted by molar-refractivity contribution is 7.83. The van der Waals surface area contributed by atoms with E-state index < -0.39 is 10.8 Å². The zero-order valence-corrected chi connectivity index (χ0v) is 16.5. The number of rotatable bonds is 4. The predicted molar refractivity (Wildman–Crippen MR) is 108 cm³/mol. The van der Waals surface area contributed by atoms with Crippen LogP contribution in [0.4, 0.5) is 5.69 Å². The van der Waals surface area contributed by atoms with Crippen LogP contribution < -0.4 is 4.90 Å². The molecule has 2 aromatic carbocycles. The van der Waals surface area contributed by atoms with Gasteiger partial charge in [0.25, 0.3) is 5.91 Å². The van der Waals surface area contributed by atoms with Crippen LogP contribution in [0.15, 0.2) is 42.5 Å². The monoisotopic (exact) mass is 370 g/mol. The van der Waals surface area contributed by atoms with E-state index in [0.717, 1.165) is 31.7 Å². The van der Waals surface area contributed by atoms with Crippen LogP contribution >= 0.6 is 0 Å². The lowest BCUT2D eigenvalue weighted by Crippen LogP contribution is -2.49. The third kappa shape index (κ3) is 4.15. The summed E-state index contributed by atoms with van der Waals surface area (Å²) in [5, 5.41) is 0. The molecule has 0 N–H and O–H groups in total. The molecule has 1 amide bonds. The van der Waals surface area contributed by atoms with Crippen molar-refractivity contribution in [1.82, 2.24) is 4.90 Å². The normalized spacial score (nSPS) is 15.8. The number of carbonyl (C=O) groups excluding carboxylic acids is 1. The fourth-order valence-electron chi connectivity index (χ4n) is 3.44. The van der Waals surface area contributed by atoms with Gasteiger partial charge in [0.15, 0.2) is 0 Å². The number of amides is 1. The topological polar surface area (TPSA) is 40.6 Å². The number of piperazine rings is 1. The molecule has 1 fully saturated rings. The molecule has 1 unspecified atom stereocenters. The first kappa shape index (κ1) is 18.6. The molecular formula is C21H26N2O2S. The van der Waals surface area contributed by atoms with Crippen molar-refractivity contribution in [3.63, 3.8) is 0 Å². The molecule has 4 nitrogen and oxygen atoms in total. The highest BCUT2D eigenvalue weighted by atomic mass is 32.2. The average Bonchev–Trinajstić information content (AvgIpc) is 2.63. The molecule has 1 heterocycles. The van der Waals surface area contributed by atoms with Crippen LogP contribution in [0.1, 0.15) is 27.0 Å². The second kappa shape index (κ2) is 8.04. The quantitative estimate of drug-likeness (QED) is 0.830. The Hall–Kier alpha value is -2.14.